The molecule has 0 saturated carbocycles. The van der Waals surface area contributed by atoms with Crippen molar-refractivity contribution >= 4 is 21.6 Å². The van der Waals surface area contributed by atoms with Crippen LogP contribution in [0.1, 0.15) is 22.0 Å². The second kappa shape index (κ2) is 7.32. The van der Waals surface area contributed by atoms with E-state index in [0.717, 1.165) is 11.8 Å². The molecule has 8 heteroatoms. The molecule has 1 aromatic carbocycles. The fraction of sp³-hybridized carbons (Fsp3) is 0.200. The summed E-state index contributed by atoms with van der Waals surface area (Å²) >= 11 is 0. The molecule has 1 unspecified atom stereocenters. The number of sulfonamides is 1. The van der Waals surface area contributed by atoms with Gasteiger partial charge in [-0.1, -0.05) is 12.1 Å². The lowest BCUT2D eigenvalue weighted by molar-refractivity contribution is 0.102. The van der Waals surface area contributed by atoms with E-state index in [-0.39, 0.29) is 12.5 Å². The van der Waals surface area contributed by atoms with Crippen LogP contribution in [0.3, 0.4) is 0 Å². The highest BCUT2D eigenvalue weighted by Crippen LogP contribution is 2.13. The molecule has 1 amide bonds. The Labute approximate surface area is 135 Å². The third kappa shape index (κ3) is 5.44. The van der Waals surface area contributed by atoms with Gasteiger partial charge in [-0.15, -0.1) is 0 Å². The van der Waals surface area contributed by atoms with Crippen molar-refractivity contribution in [3.05, 3.63) is 59.9 Å². The smallest absolute Gasteiger partial charge is 0.255 e. The monoisotopic (exact) mass is 334 g/mol. The summed E-state index contributed by atoms with van der Waals surface area (Å²) in [5.74, 6) is -0.245. The van der Waals surface area contributed by atoms with E-state index in [2.05, 4.69) is 15.0 Å². The number of anilines is 1. The Morgan fingerprint density at radius 1 is 1.17 bits per heavy atom. The number of benzene rings is 1. The van der Waals surface area contributed by atoms with Crippen LogP contribution in [-0.4, -0.2) is 32.1 Å². The number of carbonyl (C=O) groups excluding carboxylic acids is 1. The Hall–Kier alpha value is -2.29. The van der Waals surface area contributed by atoms with E-state index in [9.17, 15) is 13.2 Å². The van der Waals surface area contributed by atoms with Crippen LogP contribution in [0.25, 0.3) is 0 Å². The summed E-state index contributed by atoms with van der Waals surface area (Å²) in [5.41, 5.74) is 7.79. The van der Waals surface area contributed by atoms with Gasteiger partial charge in [0.25, 0.3) is 5.91 Å². The Kier molecular flexibility index (Phi) is 5.43. The lowest BCUT2D eigenvalue weighted by Crippen LogP contribution is -2.31. The number of aromatic nitrogens is 1. The summed E-state index contributed by atoms with van der Waals surface area (Å²) < 4.78 is 24.5. The first-order valence-electron chi connectivity index (χ1n) is 6.87. The number of hydrogen-bond acceptors (Lipinski definition) is 5. The highest BCUT2D eigenvalue weighted by atomic mass is 32.2. The van der Waals surface area contributed by atoms with Crippen molar-refractivity contribution in [2.45, 2.75) is 6.04 Å². The molecule has 2 rings (SSSR count). The van der Waals surface area contributed by atoms with Gasteiger partial charge in [-0.2, -0.15) is 0 Å². The standard InChI is InChI=1S/C15H18N4O3S/c1-23(21,22)18-10-14(16)11-2-4-12(5-3-11)15(20)19-13-6-8-17-9-7-13/h2-9,14,18H,10,16H2,1H3,(H,17,19,20). The molecular weight excluding hydrogens is 316 g/mol. The summed E-state index contributed by atoms with van der Waals surface area (Å²) in [6, 6.07) is 9.60. The molecule has 1 atom stereocenters. The summed E-state index contributed by atoms with van der Waals surface area (Å²) in [4.78, 5) is 16.0. The predicted octanol–water partition coefficient (Wildman–Crippen LogP) is 0.883. The number of pyridine rings is 1. The molecule has 7 nitrogen and oxygen atoms in total. The minimum atomic E-state index is -3.28. The van der Waals surface area contributed by atoms with Gasteiger partial charge in [0.15, 0.2) is 0 Å². The minimum Gasteiger partial charge on any atom is -0.323 e. The lowest BCUT2D eigenvalue weighted by atomic mass is 10.1. The van der Waals surface area contributed by atoms with Crippen LogP contribution >= 0.6 is 0 Å². The molecule has 122 valence electrons. The molecule has 0 aliphatic heterocycles. The summed E-state index contributed by atoms with van der Waals surface area (Å²) in [6.45, 7) is 0.0986. The highest BCUT2D eigenvalue weighted by molar-refractivity contribution is 7.88. The van der Waals surface area contributed by atoms with Crippen LogP contribution in [0.15, 0.2) is 48.8 Å². The maximum absolute atomic E-state index is 12.1. The Bertz CT molecular complexity index is 761. The van der Waals surface area contributed by atoms with Gasteiger partial charge in [0.05, 0.1) is 6.26 Å². The molecule has 4 N–H and O–H groups in total. The molecule has 1 aromatic heterocycles. The molecule has 0 aliphatic rings. The molecule has 0 saturated heterocycles. The van der Waals surface area contributed by atoms with E-state index in [1.165, 1.54) is 0 Å². The SMILES string of the molecule is CS(=O)(=O)NCC(N)c1ccc(C(=O)Nc2ccncc2)cc1. The number of nitrogens with zero attached hydrogens (tertiary/aromatic N) is 1. The van der Waals surface area contributed by atoms with E-state index in [1.807, 2.05) is 0 Å². The zero-order valence-electron chi connectivity index (χ0n) is 12.6. The van der Waals surface area contributed by atoms with Gasteiger partial charge in [0, 0.05) is 36.2 Å². The minimum absolute atomic E-state index is 0.0986. The van der Waals surface area contributed by atoms with Crippen LogP contribution in [0.2, 0.25) is 0 Å². The predicted molar refractivity (Wildman–Crippen MR) is 88.4 cm³/mol. The molecular formula is C15H18N4O3S. The van der Waals surface area contributed by atoms with Crippen LogP contribution in [0.4, 0.5) is 5.69 Å². The van der Waals surface area contributed by atoms with Crippen LogP contribution < -0.4 is 15.8 Å². The zero-order valence-corrected chi connectivity index (χ0v) is 13.4. The average molecular weight is 334 g/mol. The largest absolute Gasteiger partial charge is 0.323 e. The van der Waals surface area contributed by atoms with Crippen molar-refractivity contribution in [2.75, 3.05) is 18.1 Å². The van der Waals surface area contributed by atoms with E-state index in [0.29, 0.717) is 11.3 Å². The maximum atomic E-state index is 12.1. The number of nitrogens with one attached hydrogen (secondary N) is 2. The first-order chi connectivity index (χ1) is 10.8. The Morgan fingerprint density at radius 2 is 1.78 bits per heavy atom. The number of rotatable bonds is 6. The van der Waals surface area contributed by atoms with Gasteiger partial charge in [-0.05, 0) is 29.8 Å². The van der Waals surface area contributed by atoms with E-state index >= 15 is 0 Å². The fourth-order valence-corrected chi connectivity index (χ4v) is 2.36. The summed E-state index contributed by atoms with van der Waals surface area (Å²) in [6.07, 6.45) is 4.26. The maximum Gasteiger partial charge on any atom is 0.255 e. The molecule has 0 radical (unpaired) electrons. The van der Waals surface area contributed by atoms with Gasteiger partial charge in [-0.25, -0.2) is 13.1 Å². The quantitative estimate of drug-likeness (QED) is 0.725. The van der Waals surface area contributed by atoms with Crippen molar-refractivity contribution < 1.29 is 13.2 Å². The summed E-state index contributed by atoms with van der Waals surface area (Å²) in [5, 5.41) is 2.75. The summed E-state index contributed by atoms with van der Waals surface area (Å²) in [7, 11) is -3.28. The highest BCUT2D eigenvalue weighted by Gasteiger charge is 2.11. The second-order valence-corrected chi connectivity index (χ2v) is 6.87. The molecule has 0 fully saturated rings. The van der Waals surface area contributed by atoms with Gasteiger partial charge >= 0.3 is 0 Å². The molecule has 0 bridgehead atoms. The van der Waals surface area contributed by atoms with Crippen molar-refractivity contribution in [3.63, 3.8) is 0 Å². The molecule has 0 spiro atoms. The van der Waals surface area contributed by atoms with E-state index in [4.69, 9.17) is 5.73 Å². The van der Waals surface area contributed by atoms with Crippen molar-refractivity contribution in [3.8, 4) is 0 Å². The van der Waals surface area contributed by atoms with Crippen molar-refractivity contribution in [1.82, 2.24) is 9.71 Å². The lowest BCUT2D eigenvalue weighted by Gasteiger charge is -2.13. The fourth-order valence-electron chi connectivity index (χ4n) is 1.88. The second-order valence-electron chi connectivity index (χ2n) is 5.04. The first-order valence-corrected chi connectivity index (χ1v) is 8.76. The van der Waals surface area contributed by atoms with Gasteiger partial charge in [-0.3, -0.25) is 9.78 Å². The number of carbonyl (C=O) groups is 1. The third-order valence-electron chi connectivity index (χ3n) is 3.10. The Balaban J connectivity index is 2.00. The van der Waals surface area contributed by atoms with Crippen LogP contribution in [0.5, 0.6) is 0 Å². The van der Waals surface area contributed by atoms with Gasteiger partial charge in [0.1, 0.15) is 0 Å². The van der Waals surface area contributed by atoms with Gasteiger partial charge in [0.2, 0.25) is 10.0 Å². The molecule has 1 heterocycles. The van der Waals surface area contributed by atoms with E-state index in [1.54, 1.807) is 48.8 Å². The normalized spacial score (nSPS) is 12.6. The Morgan fingerprint density at radius 3 is 2.35 bits per heavy atom. The third-order valence-corrected chi connectivity index (χ3v) is 3.80. The number of hydrogen-bond donors (Lipinski definition) is 3. The van der Waals surface area contributed by atoms with Crippen LogP contribution in [-0.2, 0) is 10.0 Å². The van der Waals surface area contributed by atoms with Crippen LogP contribution in [0, 0.1) is 0 Å². The zero-order chi connectivity index (χ0) is 16.9. The number of nitrogens with two attached hydrogens (primary N) is 1. The first kappa shape index (κ1) is 17.1. The molecule has 0 aliphatic carbocycles. The van der Waals surface area contributed by atoms with Gasteiger partial charge < -0.3 is 11.1 Å². The average Bonchev–Trinajstić information content (AvgIpc) is 2.53. The topological polar surface area (TPSA) is 114 Å². The van der Waals surface area contributed by atoms with E-state index < -0.39 is 16.1 Å². The van der Waals surface area contributed by atoms with Crippen molar-refractivity contribution in [1.29, 1.82) is 0 Å². The number of amides is 1. The molecule has 2 aromatic rings. The molecule has 23 heavy (non-hydrogen) atoms. The van der Waals surface area contributed by atoms with Crippen molar-refractivity contribution in [2.24, 2.45) is 5.73 Å².